The van der Waals surface area contributed by atoms with Gasteiger partial charge in [0.25, 0.3) is 0 Å². The molecule has 1 rings (SSSR count). The molecule has 0 radical (unpaired) electrons. The van der Waals surface area contributed by atoms with E-state index in [2.05, 4.69) is 6.92 Å². The van der Waals surface area contributed by atoms with Gasteiger partial charge in [0, 0.05) is 17.2 Å². The van der Waals surface area contributed by atoms with Crippen molar-refractivity contribution < 1.29 is 9.47 Å². The van der Waals surface area contributed by atoms with Crippen LogP contribution in [0.15, 0.2) is 18.2 Å². The molecule has 0 spiro atoms. The lowest BCUT2D eigenvalue weighted by molar-refractivity contribution is 0.0397. The van der Waals surface area contributed by atoms with Crippen LogP contribution in [0.4, 0.5) is 0 Å². The van der Waals surface area contributed by atoms with E-state index in [0.29, 0.717) is 29.8 Å². The zero-order valence-electron chi connectivity index (χ0n) is 11.2. The Morgan fingerprint density at radius 3 is 2.63 bits per heavy atom. The molecule has 3 nitrogen and oxygen atoms in total. The maximum absolute atomic E-state index is 6.13. The van der Waals surface area contributed by atoms with E-state index in [1.54, 1.807) is 6.07 Å². The molecule has 19 heavy (non-hydrogen) atoms. The van der Waals surface area contributed by atoms with Crippen molar-refractivity contribution in [2.75, 3.05) is 19.8 Å². The summed E-state index contributed by atoms with van der Waals surface area (Å²) < 4.78 is 10.9. The standard InChI is InChI=1S/C14H20ClNO2S/c1-2-3-6-17-7-8-18-10-12-5-4-11(14(16)19)9-13(12)15/h4-5,9H,2-3,6-8,10H2,1H3,(H2,16,19). The Kier molecular flexibility index (Phi) is 7.98. The van der Waals surface area contributed by atoms with Gasteiger partial charge < -0.3 is 15.2 Å². The lowest BCUT2D eigenvalue weighted by Crippen LogP contribution is -2.10. The molecular formula is C14H20ClNO2S. The number of rotatable bonds is 9. The van der Waals surface area contributed by atoms with Gasteiger partial charge in [-0.3, -0.25) is 0 Å². The maximum atomic E-state index is 6.13. The van der Waals surface area contributed by atoms with Crippen LogP contribution in [0.1, 0.15) is 30.9 Å². The predicted octanol–water partition coefficient (Wildman–Crippen LogP) is 3.31. The Balaban J connectivity index is 2.28. The minimum atomic E-state index is 0.346. The summed E-state index contributed by atoms with van der Waals surface area (Å²) in [7, 11) is 0. The normalized spacial score (nSPS) is 10.6. The molecule has 0 saturated carbocycles. The molecular weight excluding hydrogens is 282 g/mol. The average molecular weight is 302 g/mol. The fourth-order valence-corrected chi connectivity index (χ4v) is 1.83. The molecule has 0 unspecified atom stereocenters. The first-order chi connectivity index (χ1) is 9.15. The van der Waals surface area contributed by atoms with E-state index < -0.39 is 0 Å². The SMILES string of the molecule is CCCCOCCOCc1ccc(C(N)=S)cc1Cl. The number of thiocarbonyl (C=S) groups is 1. The number of halogens is 1. The minimum Gasteiger partial charge on any atom is -0.389 e. The van der Waals surface area contributed by atoms with Crippen molar-refractivity contribution in [2.24, 2.45) is 5.73 Å². The van der Waals surface area contributed by atoms with Gasteiger partial charge in [0.15, 0.2) is 0 Å². The van der Waals surface area contributed by atoms with Crippen molar-refractivity contribution in [2.45, 2.75) is 26.4 Å². The number of benzene rings is 1. The van der Waals surface area contributed by atoms with Crippen LogP contribution in [0.2, 0.25) is 5.02 Å². The smallest absolute Gasteiger partial charge is 0.104 e. The van der Waals surface area contributed by atoms with Crippen LogP contribution in [0, 0.1) is 0 Å². The Bertz CT molecular complexity index is 412. The number of hydrogen-bond donors (Lipinski definition) is 1. The number of unbranched alkanes of at least 4 members (excludes halogenated alkanes) is 1. The summed E-state index contributed by atoms with van der Waals surface area (Å²) in [6, 6.07) is 5.50. The molecule has 0 aliphatic carbocycles. The lowest BCUT2D eigenvalue weighted by Gasteiger charge is -2.08. The van der Waals surface area contributed by atoms with E-state index in [-0.39, 0.29) is 0 Å². The Morgan fingerprint density at radius 1 is 1.26 bits per heavy atom. The summed E-state index contributed by atoms with van der Waals surface area (Å²) >= 11 is 11.0. The molecule has 106 valence electrons. The maximum Gasteiger partial charge on any atom is 0.104 e. The van der Waals surface area contributed by atoms with Gasteiger partial charge in [0.2, 0.25) is 0 Å². The van der Waals surface area contributed by atoms with E-state index in [4.69, 9.17) is 39.0 Å². The van der Waals surface area contributed by atoms with Crippen LogP contribution in [-0.4, -0.2) is 24.8 Å². The monoisotopic (exact) mass is 301 g/mol. The predicted molar refractivity (Wildman–Crippen MR) is 82.7 cm³/mol. The van der Waals surface area contributed by atoms with E-state index in [9.17, 15) is 0 Å². The molecule has 0 saturated heterocycles. The summed E-state index contributed by atoms with van der Waals surface area (Å²) in [6.45, 7) is 4.58. The fourth-order valence-electron chi connectivity index (χ4n) is 1.47. The van der Waals surface area contributed by atoms with Crippen LogP contribution < -0.4 is 5.73 Å². The van der Waals surface area contributed by atoms with Crippen LogP contribution in [0.3, 0.4) is 0 Å². The molecule has 0 fully saturated rings. The minimum absolute atomic E-state index is 0.346. The first kappa shape index (κ1) is 16.4. The van der Waals surface area contributed by atoms with Crippen molar-refractivity contribution in [1.29, 1.82) is 0 Å². The summed E-state index contributed by atoms with van der Waals surface area (Å²) in [6.07, 6.45) is 2.23. The van der Waals surface area contributed by atoms with Crippen LogP contribution in [0.5, 0.6) is 0 Å². The Labute approximate surface area is 125 Å². The Hall–Kier alpha value is -0.680. The second-order valence-electron chi connectivity index (χ2n) is 4.19. The second kappa shape index (κ2) is 9.26. The largest absolute Gasteiger partial charge is 0.389 e. The summed E-state index contributed by atoms with van der Waals surface area (Å²) in [5, 5.41) is 0.622. The van der Waals surface area contributed by atoms with Crippen molar-refractivity contribution in [3.63, 3.8) is 0 Å². The number of nitrogens with two attached hydrogens (primary N) is 1. The molecule has 5 heteroatoms. The van der Waals surface area contributed by atoms with Gasteiger partial charge in [0.1, 0.15) is 4.99 Å². The molecule has 1 aromatic carbocycles. The molecule has 0 aliphatic heterocycles. The third kappa shape index (κ3) is 6.34. The highest BCUT2D eigenvalue weighted by Gasteiger charge is 2.03. The zero-order valence-corrected chi connectivity index (χ0v) is 12.7. The highest BCUT2D eigenvalue weighted by Crippen LogP contribution is 2.18. The van der Waals surface area contributed by atoms with Crippen LogP contribution in [-0.2, 0) is 16.1 Å². The fraction of sp³-hybridized carbons (Fsp3) is 0.500. The summed E-state index contributed by atoms with van der Waals surface area (Å²) in [4.78, 5) is 0.346. The zero-order chi connectivity index (χ0) is 14.1. The average Bonchev–Trinajstić information content (AvgIpc) is 2.39. The lowest BCUT2D eigenvalue weighted by atomic mass is 10.1. The van der Waals surface area contributed by atoms with Crippen molar-refractivity contribution in [3.05, 3.63) is 34.3 Å². The van der Waals surface area contributed by atoms with Crippen molar-refractivity contribution >= 4 is 28.8 Å². The van der Waals surface area contributed by atoms with Gasteiger partial charge in [-0.15, -0.1) is 0 Å². The number of hydrogen-bond acceptors (Lipinski definition) is 3. The van der Waals surface area contributed by atoms with Gasteiger partial charge in [-0.1, -0.05) is 49.3 Å². The molecule has 0 amide bonds. The number of ether oxygens (including phenoxy) is 2. The van der Waals surface area contributed by atoms with Gasteiger partial charge in [-0.2, -0.15) is 0 Å². The summed E-state index contributed by atoms with van der Waals surface area (Å²) in [5.41, 5.74) is 7.23. The van der Waals surface area contributed by atoms with E-state index in [0.717, 1.165) is 30.6 Å². The van der Waals surface area contributed by atoms with E-state index >= 15 is 0 Å². The van der Waals surface area contributed by atoms with Gasteiger partial charge in [-0.25, -0.2) is 0 Å². The van der Waals surface area contributed by atoms with Crippen LogP contribution >= 0.6 is 23.8 Å². The Morgan fingerprint density at radius 2 is 2.00 bits per heavy atom. The molecule has 0 bridgehead atoms. The second-order valence-corrected chi connectivity index (χ2v) is 5.04. The van der Waals surface area contributed by atoms with Crippen LogP contribution in [0.25, 0.3) is 0 Å². The van der Waals surface area contributed by atoms with E-state index in [1.807, 2.05) is 12.1 Å². The topological polar surface area (TPSA) is 44.5 Å². The highest BCUT2D eigenvalue weighted by atomic mass is 35.5. The first-order valence-corrected chi connectivity index (χ1v) is 7.17. The third-order valence-corrected chi connectivity index (χ3v) is 3.20. The molecule has 1 aromatic rings. The van der Waals surface area contributed by atoms with Crippen molar-refractivity contribution in [1.82, 2.24) is 0 Å². The van der Waals surface area contributed by atoms with Crippen molar-refractivity contribution in [3.8, 4) is 0 Å². The molecule has 0 aliphatic rings. The first-order valence-electron chi connectivity index (χ1n) is 6.39. The molecule has 0 atom stereocenters. The molecule has 0 heterocycles. The third-order valence-electron chi connectivity index (χ3n) is 2.61. The quantitative estimate of drug-likeness (QED) is 0.561. The van der Waals surface area contributed by atoms with E-state index in [1.165, 1.54) is 0 Å². The van der Waals surface area contributed by atoms with Gasteiger partial charge in [0.05, 0.1) is 19.8 Å². The molecule has 2 N–H and O–H groups in total. The summed E-state index contributed by atoms with van der Waals surface area (Å²) in [5.74, 6) is 0. The van der Waals surface area contributed by atoms with Gasteiger partial charge in [-0.05, 0) is 18.1 Å². The van der Waals surface area contributed by atoms with Gasteiger partial charge >= 0.3 is 0 Å². The molecule has 0 aromatic heterocycles. The highest BCUT2D eigenvalue weighted by molar-refractivity contribution is 7.80.